The predicted octanol–water partition coefficient (Wildman–Crippen LogP) is 16.1. The van der Waals surface area contributed by atoms with Gasteiger partial charge in [0.15, 0.2) is 0 Å². The molecule has 0 fully saturated rings. The molecule has 3 heteroatoms. The standard InChI is InChI=1S/C54H35NOS/c1-3-14-36(15-4-1)42-18-7-8-19-43(42)38-28-32-40(33-29-38)55(41-34-30-39(31-35-41)44-21-13-27-51-52(44)48-20-9-10-26-50(48)56-51)49-25-12-24-47-46-23-11-22-45(53(46)57-54(47)49)37-16-5-2-6-17-37/h1-35H. The SMILES string of the molecule is c1ccc(-c2ccccc2-c2ccc(N(c3ccc(-c4cccc5oc6ccccc6c45)cc3)c3cccc4c3sc3c(-c5ccccc5)cccc34)cc2)cc1. The third-order valence-electron chi connectivity index (χ3n) is 11.1. The number of nitrogens with zero attached hydrogens (tertiary/aromatic N) is 1. The normalized spacial score (nSPS) is 11.5. The van der Waals surface area contributed by atoms with E-state index in [4.69, 9.17) is 4.42 Å². The van der Waals surface area contributed by atoms with Gasteiger partial charge in [-0.1, -0.05) is 170 Å². The van der Waals surface area contributed by atoms with E-state index in [1.807, 2.05) is 23.5 Å². The number of rotatable bonds is 7. The van der Waals surface area contributed by atoms with Crippen LogP contribution in [0.4, 0.5) is 17.1 Å². The van der Waals surface area contributed by atoms with Crippen LogP contribution in [0.25, 0.3) is 86.6 Å². The van der Waals surface area contributed by atoms with Gasteiger partial charge >= 0.3 is 0 Å². The molecule has 0 unspecified atom stereocenters. The Morgan fingerprint density at radius 3 is 1.46 bits per heavy atom. The molecule has 0 atom stereocenters. The van der Waals surface area contributed by atoms with Gasteiger partial charge in [-0.15, -0.1) is 11.3 Å². The summed E-state index contributed by atoms with van der Waals surface area (Å²) in [5.74, 6) is 0. The third kappa shape index (κ3) is 5.71. The van der Waals surface area contributed by atoms with Crippen molar-refractivity contribution >= 4 is 70.5 Å². The Labute approximate surface area is 335 Å². The van der Waals surface area contributed by atoms with Gasteiger partial charge in [0.05, 0.1) is 10.4 Å². The van der Waals surface area contributed by atoms with Crippen LogP contribution in [0, 0.1) is 0 Å². The Morgan fingerprint density at radius 2 is 0.772 bits per heavy atom. The van der Waals surface area contributed by atoms with Crippen molar-refractivity contribution in [3.05, 3.63) is 212 Å². The molecule has 11 rings (SSSR count). The quantitative estimate of drug-likeness (QED) is 0.162. The summed E-state index contributed by atoms with van der Waals surface area (Å²) >= 11 is 1.88. The van der Waals surface area contributed by atoms with E-state index in [0.717, 1.165) is 50.1 Å². The minimum atomic E-state index is 0.902. The van der Waals surface area contributed by atoms with Crippen molar-refractivity contribution in [1.82, 2.24) is 0 Å². The number of para-hydroxylation sites is 1. The number of hydrogen-bond donors (Lipinski definition) is 0. The minimum absolute atomic E-state index is 0.902. The van der Waals surface area contributed by atoms with E-state index in [1.54, 1.807) is 0 Å². The van der Waals surface area contributed by atoms with Crippen molar-refractivity contribution in [2.24, 2.45) is 0 Å². The molecular weight excluding hydrogens is 711 g/mol. The Kier molecular flexibility index (Phi) is 8.04. The molecule has 57 heavy (non-hydrogen) atoms. The molecule has 0 bridgehead atoms. The summed E-state index contributed by atoms with van der Waals surface area (Å²) in [6.45, 7) is 0. The highest BCUT2D eigenvalue weighted by atomic mass is 32.1. The zero-order valence-electron chi connectivity index (χ0n) is 31.0. The first kappa shape index (κ1) is 33.2. The van der Waals surface area contributed by atoms with E-state index in [-0.39, 0.29) is 0 Å². The largest absolute Gasteiger partial charge is 0.456 e. The average Bonchev–Trinajstić information content (AvgIpc) is 3.87. The number of furan rings is 1. The zero-order chi connectivity index (χ0) is 37.7. The lowest BCUT2D eigenvalue weighted by molar-refractivity contribution is 0.669. The van der Waals surface area contributed by atoms with Gasteiger partial charge in [-0.25, -0.2) is 0 Å². The summed E-state index contributed by atoms with van der Waals surface area (Å²) in [5.41, 5.74) is 14.8. The van der Waals surface area contributed by atoms with Gasteiger partial charge in [0, 0.05) is 37.6 Å². The molecule has 2 heterocycles. The molecule has 0 saturated heterocycles. The number of fused-ring (bicyclic) bond motifs is 6. The van der Waals surface area contributed by atoms with Crippen LogP contribution in [0.5, 0.6) is 0 Å². The maximum Gasteiger partial charge on any atom is 0.136 e. The molecule has 0 amide bonds. The highest BCUT2D eigenvalue weighted by Gasteiger charge is 2.20. The zero-order valence-corrected chi connectivity index (χ0v) is 31.8. The van der Waals surface area contributed by atoms with Gasteiger partial charge in [0.1, 0.15) is 11.2 Å². The fourth-order valence-electron chi connectivity index (χ4n) is 8.45. The van der Waals surface area contributed by atoms with Crippen LogP contribution in [0.1, 0.15) is 0 Å². The van der Waals surface area contributed by atoms with Crippen molar-refractivity contribution < 1.29 is 4.42 Å². The lowest BCUT2D eigenvalue weighted by Gasteiger charge is -2.26. The summed E-state index contributed by atoms with van der Waals surface area (Å²) < 4.78 is 8.82. The molecule has 268 valence electrons. The van der Waals surface area contributed by atoms with Crippen LogP contribution >= 0.6 is 11.3 Å². The molecule has 0 radical (unpaired) electrons. The molecule has 0 saturated carbocycles. The molecule has 2 aromatic heterocycles. The van der Waals surface area contributed by atoms with E-state index in [2.05, 4.69) is 205 Å². The van der Waals surface area contributed by atoms with Crippen LogP contribution in [0.15, 0.2) is 217 Å². The van der Waals surface area contributed by atoms with E-state index >= 15 is 0 Å². The predicted molar refractivity (Wildman–Crippen MR) is 243 cm³/mol. The van der Waals surface area contributed by atoms with Crippen molar-refractivity contribution in [1.29, 1.82) is 0 Å². The average molecular weight is 746 g/mol. The lowest BCUT2D eigenvalue weighted by atomic mass is 9.94. The van der Waals surface area contributed by atoms with Crippen molar-refractivity contribution in [3.63, 3.8) is 0 Å². The monoisotopic (exact) mass is 745 g/mol. The molecule has 0 aliphatic carbocycles. The fraction of sp³-hybridized carbons (Fsp3) is 0. The number of thiophene rings is 1. The smallest absolute Gasteiger partial charge is 0.136 e. The molecule has 0 aliphatic heterocycles. The number of hydrogen-bond acceptors (Lipinski definition) is 3. The van der Waals surface area contributed by atoms with Crippen LogP contribution in [-0.4, -0.2) is 0 Å². The topological polar surface area (TPSA) is 16.4 Å². The van der Waals surface area contributed by atoms with E-state index in [0.29, 0.717) is 0 Å². The summed E-state index contributed by atoms with van der Waals surface area (Å²) in [5, 5.41) is 4.82. The summed E-state index contributed by atoms with van der Waals surface area (Å²) in [4.78, 5) is 2.42. The number of benzene rings is 9. The first-order valence-corrected chi connectivity index (χ1v) is 20.2. The lowest BCUT2D eigenvalue weighted by Crippen LogP contribution is -2.10. The molecule has 2 nitrogen and oxygen atoms in total. The summed E-state index contributed by atoms with van der Waals surface area (Å²) in [6, 6.07) is 76.3. The Morgan fingerprint density at radius 1 is 0.316 bits per heavy atom. The first-order valence-electron chi connectivity index (χ1n) is 19.3. The van der Waals surface area contributed by atoms with Crippen LogP contribution in [-0.2, 0) is 0 Å². The highest BCUT2D eigenvalue weighted by molar-refractivity contribution is 7.27. The Hall–Kier alpha value is -7.20. The molecule has 0 aliphatic rings. The molecule has 11 aromatic rings. The first-order chi connectivity index (χ1) is 28.3. The summed E-state index contributed by atoms with van der Waals surface area (Å²) in [7, 11) is 0. The molecule has 9 aromatic carbocycles. The van der Waals surface area contributed by atoms with Gasteiger partial charge < -0.3 is 9.32 Å². The van der Waals surface area contributed by atoms with Gasteiger partial charge in [0.2, 0.25) is 0 Å². The van der Waals surface area contributed by atoms with Crippen LogP contribution in [0.3, 0.4) is 0 Å². The Bertz CT molecular complexity index is 3210. The van der Waals surface area contributed by atoms with Crippen molar-refractivity contribution in [3.8, 4) is 44.5 Å². The maximum atomic E-state index is 6.26. The van der Waals surface area contributed by atoms with E-state index in [1.165, 1.54) is 53.6 Å². The molecule has 0 spiro atoms. The second-order valence-electron chi connectivity index (χ2n) is 14.4. The van der Waals surface area contributed by atoms with Gasteiger partial charge in [-0.05, 0) is 87.0 Å². The van der Waals surface area contributed by atoms with Crippen molar-refractivity contribution in [2.45, 2.75) is 0 Å². The minimum Gasteiger partial charge on any atom is -0.456 e. The molecule has 0 N–H and O–H groups in total. The van der Waals surface area contributed by atoms with Gasteiger partial charge in [-0.2, -0.15) is 0 Å². The third-order valence-corrected chi connectivity index (χ3v) is 12.4. The van der Waals surface area contributed by atoms with E-state index < -0.39 is 0 Å². The molecular formula is C54H35NOS. The highest BCUT2D eigenvalue weighted by Crippen LogP contribution is 2.48. The van der Waals surface area contributed by atoms with Crippen LogP contribution in [0.2, 0.25) is 0 Å². The maximum absolute atomic E-state index is 6.26. The summed E-state index contributed by atoms with van der Waals surface area (Å²) in [6.07, 6.45) is 0. The second kappa shape index (κ2) is 13.8. The Balaban J connectivity index is 1.07. The van der Waals surface area contributed by atoms with E-state index in [9.17, 15) is 0 Å². The van der Waals surface area contributed by atoms with Gasteiger partial charge in [-0.3, -0.25) is 0 Å². The second-order valence-corrected chi connectivity index (χ2v) is 15.4. The van der Waals surface area contributed by atoms with Crippen LogP contribution < -0.4 is 4.90 Å². The van der Waals surface area contributed by atoms with Crippen molar-refractivity contribution in [2.75, 3.05) is 4.90 Å². The fourth-order valence-corrected chi connectivity index (χ4v) is 9.79. The number of anilines is 3. The van der Waals surface area contributed by atoms with Gasteiger partial charge in [0.25, 0.3) is 0 Å².